The van der Waals surface area contributed by atoms with Crippen molar-refractivity contribution in [3.63, 3.8) is 0 Å². The highest BCUT2D eigenvalue weighted by Crippen LogP contribution is 2.28. The van der Waals surface area contributed by atoms with E-state index in [-0.39, 0.29) is 17.1 Å². The van der Waals surface area contributed by atoms with Crippen molar-refractivity contribution in [1.29, 1.82) is 0 Å². The molecule has 2 N–H and O–H groups in total. The second-order valence-corrected chi connectivity index (χ2v) is 7.19. The average molecular weight is 326 g/mol. The van der Waals surface area contributed by atoms with E-state index in [0.717, 1.165) is 5.56 Å². The van der Waals surface area contributed by atoms with Crippen LogP contribution in [0.5, 0.6) is 0 Å². The van der Waals surface area contributed by atoms with E-state index in [4.69, 9.17) is 17.3 Å². The molecule has 0 unspecified atom stereocenters. The van der Waals surface area contributed by atoms with Crippen LogP contribution in [0.4, 0.5) is 5.69 Å². The van der Waals surface area contributed by atoms with Crippen molar-refractivity contribution in [1.82, 2.24) is 9.29 Å². The van der Waals surface area contributed by atoms with Gasteiger partial charge in [-0.15, -0.1) is 0 Å². The molecule has 0 saturated heterocycles. The molecule has 0 radical (unpaired) electrons. The van der Waals surface area contributed by atoms with E-state index >= 15 is 0 Å². The highest BCUT2D eigenvalue weighted by atomic mass is 35.5. The number of benzene rings is 1. The molecule has 1 heterocycles. The minimum absolute atomic E-state index is 0.133. The molecule has 2 rings (SSSR count). The topological polar surface area (TPSA) is 76.3 Å². The number of sulfonamides is 1. The third kappa shape index (κ3) is 3.34. The zero-order valence-corrected chi connectivity index (χ0v) is 13.3. The zero-order valence-electron chi connectivity index (χ0n) is 11.7. The van der Waals surface area contributed by atoms with Crippen LogP contribution in [0.25, 0.3) is 0 Å². The maximum Gasteiger partial charge on any atom is 0.243 e. The van der Waals surface area contributed by atoms with Crippen LogP contribution in [-0.2, 0) is 16.6 Å². The molecule has 1 aromatic heterocycles. The van der Waals surface area contributed by atoms with Gasteiger partial charge in [-0.05, 0) is 36.2 Å². The Morgan fingerprint density at radius 3 is 2.67 bits per heavy atom. The zero-order chi connectivity index (χ0) is 15.6. The first kappa shape index (κ1) is 15.8. The molecule has 2 aromatic rings. The number of hydrogen-bond acceptors (Lipinski definition) is 4. The second kappa shape index (κ2) is 6.01. The standard InChI is InChI=1S/C14H16ClN3O2S/c1-10-6-12(7-13(16)14(10)15)21(19,20)18(2)9-11-4-3-5-17-8-11/h3-8H,9,16H2,1-2H3. The minimum atomic E-state index is -3.63. The lowest BCUT2D eigenvalue weighted by molar-refractivity contribution is 0.466. The lowest BCUT2D eigenvalue weighted by atomic mass is 10.2. The maximum absolute atomic E-state index is 12.6. The maximum atomic E-state index is 12.6. The number of pyridine rings is 1. The van der Waals surface area contributed by atoms with Crippen molar-refractivity contribution in [2.45, 2.75) is 18.4 Å². The predicted octanol–water partition coefficient (Wildman–Crippen LogP) is 2.45. The molecule has 0 bridgehead atoms. The Hall–Kier alpha value is -1.63. The predicted molar refractivity (Wildman–Crippen MR) is 83.5 cm³/mol. The summed E-state index contributed by atoms with van der Waals surface area (Å²) < 4.78 is 26.4. The number of hydrogen-bond donors (Lipinski definition) is 1. The largest absolute Gasteiger partial charge is 0.397 e. The summed E-state index contributed by atoms with van der Waals surface area (Å²) >= 11 is 5.97. The Kier molecular flexibility index (Phi) is 4.51. The van der Waals surface area contributed by atoms with Crippen LogP contribution in [0.2, 0.25) is 5.02 Å². The lowest BCUT2D eigenvalue weighted by Crippen LogP contribution is -2.26. The smallest absolute Gasteiger partial charge is 0.243 e. The molecule has 0 atom stereocenters. The van der Waals surface area contributed by atoms with Crippen molar-refractivity contribution in [3.05, 3.63) is 52.8 Å². The molecule has 0 aliphatic rings. The van der Waals surface area contributed by atoms with E-state index in [9.17, 15) is 8.42 Å². The number of rotatable bonds is 4. The average Bonchev–Trinajstić information content (AvgIpc) is 2.45. The van der Waals surface area contributed by atoms with Crippen LogP contribution in [0.3, 0.4) is 0 Å². The van der Waals surface area contributed by atoms with Crippen LogP contribution in [0, 0.1) is 6.92 Å². The van der Waals surface area contributed by atoms with Gasteiger partial charge in [0.25, 0.3) is 0 Å². The van der Waals surface area contributed by atoms with Crippen molar-refractivity contribution >= 4 is 27.3 Å². The van der Waals surface area contributed by atoms with Crippen molar-refractivity contribution in [2.75, 3.05) is 12.8 Å². The molecular weight excluding hydrogens is 310 g/mol. The molecule has 0 fully saturated rings. The van der Waals surface area contributed by atoms with E-state index in [1.54, 1.807) is 25.4 Å². The molecule has 0 aliphatic carbocycles. The number of aryl methyl sites for hydroxylation is 1. The number of anilines is 1. The summed E-state index contributed by atoms with van der Waals surface area (Å²) in [5, 5.41) is 0.379. The first-order chi connectivity index (χ1) is 9.82. The summed E-state index contributed by atoms with van der Waals surface area (Å²) in [5.74, 6) is 0. The van der Waals surface area contributed by atoms with Gasteiger partial charge in [0.05, 0.1) is 15.6 Å². The summed E-state index contributed by atoms with van der Waals surface area (Å²) in [7, 11) is -2.12. The molecule has 0 aliphatic heterocycles. The molecule has 5 nitrogen and oxygen atoms in total. The Bertz CT molecular complexity index is 725. The van der Waals surface area contributed by atoms with Crippen molar-refractivity contribution in [2.24, 2.45) is 0 Å². The van der Waals surface area contributed by atoms with Crippen LogP contribution in [0.1, 0.15) is 11.1 Å². The number of nitrogen functional groups attached to an aromatic ring is 1. The van der Waals surface area contributed by atoms with Crippen molar-refractivity contribution < 1.29 is 8.42 Å². The molecule has 1 aromatic carbocycles. The van der Waals surface area contributed by atoms with Gasteiger partial charge < -0.3 is 5.73 Å². The second-order valence-electron chi connectivity index (χ2n) is 4.77. The van der Waals surface area contributed by atoms with Crippen LogP contribution in [-0.4, -0.2) is 24.8 Å². The van der Waals surface area contributed by atoms with E-state index in [2.05, 4.69) is 4.98 Å². The van der Waals surface area contributed by atoms with Gasteiger partial charge in [-0.25, -0.2) is 8.42 Å². The Morgan fingerprint density at radius 1 is 1.38 bits per heavy atom. The van der Waals surface area contributed by atoms with Gasteiger partial charge in [0.15, 0.2) is 0 Å². The Morgan fingerprint density at radius 2 is 2.10 bits per heavy atom. The number of halogens is 1. The fourth-order valence-corrected chi connectivity index (χ4v) is 3.31. The first-order valence-electron chi connectivity index (χ1n) is 6.23. The first-order valence-corrected chi connectivity index (χ1v) is 8.05. The molecule has 0 saturated carbocycles. The molecule has 0 spiro atoms. The summed E-state index contributed by atoms with van der Waals surface area (Å²) in [6.07, 6.45) is 3.27. The van der Waals surface area contributed by atoms with Gasteiger partial charge in [0, 0.05) is 26.0 Å². The SMILES string of the molecule is Cc1cc(S(=O)(=O)N(C)Cc2cccnc2)cc(N)c1Cl. The summed E-state index contributed by atoms with van der Waals surface area (Å²) in [6.45, 7) is 1.95. The van der Waals surface area contributed by atoms with E-state index in [1.807, 2.05) is 6.07 Å². The van der Waals surface area contributed by atoms with Crippen molar-refractivity contribution in [3.8, 4) is 0 Å². The van der Waals surface area contributed by atoms with Gasteiger partial charge in [0.2, 0.25) is 10.0 Å². The fraction of sp³-hybridized carbons (Fsp3) is 0.214. The third-order valence-corrected chi connectivity index (χ3v) is 5.39. The summed E-state index contributed by atoms with van der Waals surface area (Å²) in [6, 6.07) is 6.49. The molecule has 0 amide bonds. The summed E-state index contributed by atoms with van der Waals surface area (Å²) in [4.78, 5) is 4.11. The van der Waals surface area contributed by atoms with Gasteiger partial charge in [0.1, 0.15) is 0 Å². The van der Waals surface area contributed by atoms with Crippen LogP contribution < -0.4 is 5.73 Å². The highest BCUT2D eigenvalue weighted by Gasteiger charge is 2.22. The van der Waals surface area contributed by atoms with Crippen LogP contribution in [0.15, 0.2) is 41.6 Å². The lowest BCUT2D eigenvalue weighted by Gasteiger charge is -2.18. The Balaban J connectivity index is 2.33. The van der Waals surface area contributed by atoms with Gasteiger partial charge in [-0.1, -0.05) is 17.7 Å². The van der Waals surface area contributed by atoms with Gasteiger partial charge in [-0.2, -0.15) is 4.31 Å². The quantitative estimate of drug-likeness (QED) is 0.876. The van der Waals surface area contributed by atoms with E-state index < -0.39 is 10.0 Å². The highest BCUT2D eigenvalue weighted by molar-refractivity contribution is 7.89. The van der Waals surface area contributed by atoms with Crippen LogP contribution >= 0.6 is 11.6 Å². The van der Waals surface area contributed by atoms with Gasteiger partial charge in [-0.3, -0.25) is 4.98 Å². The minimum Gasteiger partial charge on any atom is -0.397 e. The number of nitrogens with two attached hydrogens (primary N) is 1. The van der Waals surface area contributed by atoms with Gasteiger partial charge >= 0.3 is 0 Å². The number of aromatic nitrogens is 1. The normalized spacial score (nSPS) is 11.8. The monoisotopic (exact) mass is 325 g/mol. The fourth-order valence-electron chi connectivity index (χ4n) is 1.93. The van der Waals surface area contributed by atoms with E-state index in [0.29, 0.717) is 10.6 Å². The molecule has 112 valence electrons. The molecular formula is C14H16ClN3O2S. The Labute approximate surface area is 129 Å². The molecule has 21 heavy (non-hydrogen) atoms. The third-order valence-electron chi connectivity index (χ3n) is 3.09. The molecule has 7 heteroatoms. The number of nitrogens with zero attached hydrogens (tertiary/aromatic N) is 2. The van der Waals surface area contributed by atoms with E-state index in [1.165, 1.54) is 23.5 Å². The summed E-state index contributed by atoms with van der Waals surface area (Å²) in [5.41, 5.74) is 7.44.